The lowest BCUT2D eigenvalue weighted by molar-refractivity contribution is 0.697. The summed E-state index contributed by atoms with van der Waals surface area (Å²) >= 11 is 6.93. The van der Waals surface area contributed by atoms with Crippen molar-refractivity contribution in [2.45, 2.75) is 13.0 Å². The summed E-state index contributed by atoms with van der Waals surface area (Å²) in [6.45, 7) is 0.840. The molecule has 0 unspecified atom stereocenters. The van der Waals surface area contributed by atoms with Gasteiger partial charge >= 0.3 is 0 Å². The van der Waals surface area contributed by atoms with E-state index in [2.05, 4.69) is 24.9 Å². The van der Waals surface area contributed by atoms with Crippen molar-refractivity contribution in [2.75, 3.05) is 0 Å². The molecule has 0 fully saturated rings. The van der Waals surface area contributed by atoms with Gasteiger partial charge in [-0.25, -0.2) is 4.98 Å². The van der Waals surface area contributed by atoms with Crippen LogP contribution in [0.2, 0.25) is 0 Å². The number of hydrogen-bond donors (Lipinski definition) is 1. The molecule has 0 saturated carbocycles. The summed E-state index contributed by atoms with van der Waals surface area (Å²) in [5.41, 5.74) is 5.05. The quantitative estimate of drug-likeness (QED) is 0.738. The Balaban J connectivity index is 1.94. The van der Waals surface area contributed by atoms with E-state index >= 15 is 0 Å². The first-order valence-electron chi connectivity index (χ1n) is 5.24. The maximum atomic E-state index is 5.31. The van der Waals surface area contributed by atoms with E-state index < -0.39 is 0 Å². The van der Waals surface area contributed by atoms with E-state index in [1.165, 1.54) is 0 Å². The molecule has 3 heterocycles. The molecule has 3 aromatic rings. The van der Waals surface area contributed by atoms with Gasteiger partial charge in [0.1, 0.15) is 0 Å². The van der Waals surface area contributed by atoms with E-state index in [0.717, 1.165) is 34.5 Å². The van der Waals surface area contributed by atoms with Gasteiger partial charge in [-0.1, -0.05) is 0 Å². The number of thiazole rings is 1. The van der Waals surface area contributed by atoms with Crippen LogP contribution in [-0.4, -0.2) is 19.5 Å². The number of nitrogens with one attached hydrogen (secondary N) is 1. The molecule has 0 saturated heterocycles. The highest BCUT2D eigenvalue weighted by atomic mass is 32.1. The van der Waals surface area contributed by atoms with E-state index in [1.54, 1.807) is 23.7 Å². The van der Waals surface area contributed by atoms with Gasteiger partial charge in [-0.15, -0.1) is 11.3 Å². The number of aryl methyl sites for hydroxylation is 2. The summed E-state index contributed by atoms with van der Waals surface area (Å²) in [4.78, 5) is 11.5. The highest BCUT2D eigenvalue weighted by molar-refractivity contribution is 7.71. The van der Waals surface area contributed by atoms with Gasteiger partial charge in [0.25, 0.3) is 0 Å². The maximum Gasteiger partial charge on any atom is 0.178 e. The Bertz CT molecular complexity index is 681. The molecule has 1 N–H and O–H groups in total. The summed E-state index contributed by atoms with van der Waals surface area (Å²) in [7, 11) is 0. The van der Waals surface area contributed by atoms with Crippen LogP contribution in [0.25, 0.3) is 11.0 Å². The van der Waals surface area contributed by atoms with Gasteiger partial charge < -0.3 is 9.55 Å². The van der Waals surface area contributed by atoms with Crippen molar-refractivity contribution < 1.29 is 0 Å². The van der Waals surface area contributed by atoms with Gasteiger partial charge in [0, 0.05) is 24.5 Å². The summed E-state index contributed by atoms with van der Waals surface area (Å²) in [5.74, 6) is 0. The van der Waals surface area contributed by atoms with Crippen LogP contribution in [0.4, 0.5) is 0 Å². The molecule has 6 heteroatoms. The van der Waals surface area contributed by atoms with E-state index in [9.17, 15) is 0 Å². The lowest BCUT2D eigenvalue weighted by Crippen LogP contribution is -2.01. The number of rotatable bonds is 3. The van der Waals surface area contributed by atoms with Crippen molar-refractivity contribution in [3.8, 4) is 0 Å². The lowest BCUT2D eigenvalue weighted by Gasteiger charge is -2.02. The third kappa shape index (κ3) is 2.01. The molecular formula is C11H10N4S2. The average molecular weight is 262 g/mol. The Labute approximate surface area is 107 Å². The van der Waals surface area contributed by atoms with Crippen molar-refractivity contribution in [1.29, 1.82) is 0 Å². The fraction of sp³-hybridized carbons (Fsp3) is 0.182. The van der Waals surface area contributed by atoms with Crippen LogP contribution < -0.4 is 0 Å². The first-order chi connectivity index (χ1) is 8.34. The smallest absolute Gasteiger partial charge is 0.178 e. The Morgan fingerprint density at radius 2 is 2.41 bits per heavy atom. The first-order valence-corrected chi connectivity index (χ1v) is 6.59. The number of nitrogens with zero attached hydrogens (tertiary/aromatic N) is 3. The van der Waals surface area contributed by atoms with E-state index in [-0.39, 0.29) is 0 Å². The number of hydrogen-bond acceptors (Lipinski definition) is 4. The second-order valence-electron chi connectivity index (χ2n) is 3.70. The molecule has 0 aromatic carbocycles. The molecule has 17 heavy (non-hydrogen) atoms. The lowest BCUT2D eigenvalue weighted by atomic mass is 10.3. The second kappa shape index (κ2) is 4.38. The number of aromatic amines is 1. The molecule has 0 spiro atoms. The zero-order valence-corrected chi connectivity index (χ0v) is 10.6. The van der Waals surface area contributed by atoms with Crippen molar-refractivity contribution in [3.63, 3.8) is 0 Å². The first kappa shape index (κ1) is 10.6. The Morgan fingerprint density at radius 3 is 3.24 bits per heavy atom. The Hall–Kier alpha value is -1.53. The van der Waals surface area contributed by atoms with Crippen molar-refractivity contribution in [3.05, 3.63) is 39.8 Å². The average Bonchev–Trinajstić information content (AvgIpc) is 2.93. The van der Waals surface area contributed by atoms with Crippen LogP contribution in [0.1, 0.15) is 5.69 Å². The zero-order valence-electron chi connectivity index (χ0n) is 8.96. The minimum atomic E-state index is 0.739. The van der Waals surface area contributed by atoms with Gasteiger partial charge in [-0.3, -0.25) is 4.98 Å². The summed E-state index contributed by atoms with van der Waals surface area (Å²) in [5, 5.41) is 2.07. The summed E-state index contributed by atoms with van der Waals surface area (Å²) in [6, 6.07) is 1.97. The van der Waals surface area contributed by atoms with Crippen molar-refractivity contribution in [2.24, 2.45) is 0 Å². The summed E-state index contributed by atoms with van der Waals surface area (Å²) in [6.07, 6.45) is 4.47. The summed E-state index contributed by atoms with van der Waals surface area (Å²) < 4.78 is 2.83. The Morgan fingerprint density at radius 1 is 1.47 bits per heavy atom. The van der Waals surface area contributed by atoms with Crippen LogP contribution in [0.3, 0.4) is 0 Å². The van der Waals surface area contributed by atoms with Gasteiger partial charge in [-0.2, -0.15) is 0 Å². The minimum Gasteiger partial charge on any atom is -0.329 e. The molecule has 0 amide bonds. The SMILES string of the molecule is S=c1[nH]c2cnccc2n1CCc1cscn1. The Kier molecular flexibility index (Phi) is 2.74. The van der Waals surface area contributed by atoms with E-state index in [0.29, 0.717) is 0 Å². The van der Waals surface area contributed by atoms with Crippen molar-refractivity contribution in [1.82, 2.24) is 19.5 Å². The van der Waals surface area contributed by atoms with Crippen LogP contribution in [0.5, 0.6) is 0 Å². The normalized spacial score (nSPS) is 11.1. The second-order valence-corrected chi connectivity index (χ2v) is 4.81. The van der Waals surface area contributed by atoms with Gasteiger partial charge in [0.2, 0.25) is 0 Å². The third-order valence-electron chi connectivity index (χ3n) is 2.65. The highest BCUT2D eigenvalue weighted by Gasteiger charge is 2.04. The molecule has 86 valence electrons. The molecule has 0 bridgehead atoms. The molecule has 4 nitrogen and oxygen atoms in total. The standard InChI is InChI=1S/C11H10N4S2/c16-11-14-9-5-12-3-1-10(9)15(11)4-2-8-6-17-7-13-8/h1,3,5-7H,2,4H2,(H,14,16). The molecule has 0 radical (unpaired) electrons. The van der Waals surface area contributed by atoms with Gasteiger partial charge in [0.15, 0.2) is 4.77 Å². The van der Waals surface area contributed by atoms with Crippen molar-refractivity contribution >= 4 is 34.6 Å². The zero-order chi connectivity index (χ0) is 11.7. The predicted octanol–water partition coefficient (Wildman–Crippen LogP) is 2.79. The van der Waals surface area contributed by atoms with Crippen LogP contribution in [0, 0.1) is 4.77 Å². The van der Waals surface area contributed by atoms with Crippen LogP contribution in [-0.2, 0) is 13.0 Å². The number of H-pyrrole nitrogens is 1. The fourth-order valence-corrected chi connectivity index (χ4v) is 2.71. The molecule has 3 aromatic heterocycles. The third-order valence-corrected chi connectivity index (χ3v) is 3.61. The molecule has 0 atom stereocenters. The van der Waals surface area contributed by atoms with Gasteiger partial charge in [-0.05, 0) is 18.3 Å². The maximum absolute atomic E-state index is 5.31. The number of pyridine rings is 1. The van der Waals surface area contributed by atoms with Crippen LogP contribution in [0.15, 0.2) is 29.4 Å². The largest absolute Gasteiger partial charge is 0.329 e. The molecule has 3 rings (SSSR count). The highest BCUT2D eigenvalue weighted by Crippen LogP contribution is 2.13. The number of imidazole rings is 1. The molecule has 0 aliphatic rings. The van der Waals surface area contributed by atoms with E-state index in [1.807, 2.05) is 11.6 Å². The van der Waals surface area contributed by atoms with Gasteiger partial charge in [0.05, 0.1) is 28.4 Å². The monoisotopic (exact) mass is 262 g/mol. The fourth-order valence-electron chi connectivity index (χ4n) is 1.82. The topological polar surface area (TPSA) is 46.5 Å². The molecular weight excluding hydrogens is 252 g/mol. The molecule has 0 aliphatic carbocycles. The predicted molar refractivity (Wildman–Crippen MR) is 70.7 cm³/mol. The number of fused-ring (bicyclic) bond motifs is 1. The van der Waals surface area contributed by atoms with E-state index in [4.69, 9.17) is 12.2 Å². The minimum absolute atomic E-state index is 0.739. The van der Waals surface area contributed by atoms with Crippen LogP contribution >= 0.6 is 23.6 Å². The number of aromatic nitrogens is 4. The molecule has 0 aliphatic heterocycles.